The van der Waals surface area contributed by atoms with Crippen LogP contribution in [0.5, 0.6) is 0 Å². The summed E-state index contributed by atoms with van der Waals surface area (Å²) in [6.07, 6.45) is 3.82. The van der Waals surface area contributed by atoms with Gasteiger partial charge in [0.15, 0.2) is 9.99 Å². The number of H-pyrrole nitrogens is 2. The van der Waals surface area contributed by atoms with Gasteiger partial charge in [-0.2, -0.15) is 5.10 Å². The minimum Gasteiger partial charge on any atom is -0.297 e. The van der Waals surface area contributed by atoms with Crippen molar-refractivity contribution in [1.82, 2.24) is 24.6 Å². The average molecular weight is 281 g/mol. The summed E-state index contributed by atoms with van der Waals surface area (Å²) in [5.74, 6) is 0.524. The van der Waals surface area contributed by atoms with E-state index in [1.807, 2.05) is 22.2 Å². The van der Waals surface area contributed by atoms with E-state index in [0.29, 0.717) is 5.75 Å². The molecular formula is C9H7N5O2S2. The lowest BCUT2D eigenvalue weighted by atomic mass is 10.6. The van der Waals surface area contributed by atoms with Crippen LogP contribution in [0.15, 0.2) is 32.4 Å². The Morgan fingerprint density at radius 2 is 2.33 bits per heavy atom. The van der Waals surface area contributed by atoms with E-state index in [9.17, 15) is 9.59 Å². The van der Waals surface area contributed by atoms with Crippen LogP contribution in [0.1, 0.15) is 5.69 Å². The van der Waals surface area contributed by atoms with Crippen LogP contribution in [0.2, 0.25) is 0 Å². The van der Waals surface area contributed by atoms with Crippen LogP contribution in [0, 0.1) is 0 Å². The number of aromatic nitrogens is 5. The number of rotatable bonds is 3. The normalized spacial score (nSPS) is 11.1. The summed E-state index contributed by atoms with van der Waals surface area (Å²) in [7, 11) is 0. The monoisotopic (exact) mass is 281 g/mol. The molecule has 92 valence electrons. The highest BCUT2D eigenvalue weighted by Crippen LogP contribution is 2.18. The van der Waals surface area contributed by atoms with Gasteiger partial charge in [0.25, 0.3) is 5.56 Å². The Hall–Kier alpha value is -1.87. The molecule has 18 heavy (non-hydrogen) atoms. The van der Waals surface area contributed by atoms with Crippen LogP contribution in [-0.2, 0) is 5.75 Å². The molecule has 7 nitrogen and oxygen atoms in total. The third kappa shape index (κ3) is 2.09. The molecule has 0 spiro atoms. The van der Waals surface area contributed by atoms with Gasteiger partial charge in [0.05, 0.1) is 5.69 Å². The van der Waals surface area contributed by atoms with Crippen molar-refractivity contribution in [2.75, 3.05) is 0 Å². The second-order valence-electron chi connectivity index (χ2n) is 3.43. The number of hydrogen-bond acceptors (Lipinski definition) is 6. The maximum absolute atomic E-state index is 11.4. The smallest absolute Gasteiger partial charge is 0.297 e. The van der Waals surface area contributed by atoms with Gasteiger partial charge in [-0.1, -0.05) is 11.8 Å². The molecule has 0 saturated carbocycles. The van der Waals surface area contributed by atoms with Crippen molar-refractivity contribution in [3.63, 3.8) is 0 Å². The molecule has 0 atom stereocenters. The zero-order valence-electron chi connectivity index (χ0n) is 8.91. The van der Waals surface area contributed by atoms with Crippen LogP contribution < -0.4 is 11.2 Å². The topological polar surface area (TPSA) is 95.9 Å². The minimum absolute atomic E-state index is 0.228. The molecule has 9 heteroatoms. The van der Waals surface area contributed by atoms with E-state index in [4.69, 9.17) is 0 Å². The number of aromatic amines is 2. The van der Waals surface area contributed by atoms with E-state index >= 15 is 0 Å². The Bertz CT molecular complexity index is 770. The van der Waals surface area contributed by atoms with E-state index in [-0.39, 0.29) is 5.03 Å². The fraction of sp³-hybridized carbons (Fsp3) is 0.111. The number of hydrogen-bond donors (Lipinski definition) is 2. The molecular weight excluding hydrogens is 274 g/mol. The van der Waals surface area contributed by atoms with Gasteiger partial charge >= 0.3 is 5.69 Å². The fourth-order valence-electron chi connectivity index (χ4n) is 1.42. The van der Waals surface area contributed by atoms with E-state index in [1.54, 1.807) is 11.3 Å². The van der Waals surface area contributed by atoms with Gasteiger partial charge in [-0.05, 0) is 0 Å². The Morgan fingerprint density at radius 3 is 3.11 bits per heavy atom. The van der Waals surface area contributed by atoms with Gasteiger partial charge in [0, 0.05) is 23.5 Å². The molecule has 0 aliphatic carbocycles. The maximum atomic E-state index is 11.4. The van der Waals surface area contributed by atoms with Crippen molar-refractivity contribution in [1.29, 1.82) is 0 Å². The molecule has 0 saturated heterocycles. The standard InChI is InChI=1S/C9H7N5O2S2/c15-6-7(12-13-8(16)11-6)18-4-5-3-14-1-2-17-9(14)10-5/h1-3H,4H2,(H2,11,13,15,16). The zero-order valence-corrected chi connectivity index (χ0v) is 10.5. The van der Waals surface area contributed by atoms with E-state index in [1.165, 1.54) is 11.8 Å². The van der Waals surface area contributed by atoms with E-state index < -0.39 is 11.2 Å². The van der Waals surface area contributed by atoms with Gasteiger partial charge in [-0.3, -0.25) is 14.2 Å². The van der Waals surface area contributed by atoms with E-state index in [0.717, 1.165) is 10.7 Å². The maximum Gasteiger partial charge on any atom is 0.342 e. The summed E-state index contributed by atoms with van der Waals surface area (Å²) in [4.78, 5) is 29.6. The molecule has 3 heterocycles. The van der Waals surface area contributed by atoms with Gasteiger partial charge < -0.3 is 0 Å². The number of thiazole rings is 1. The summed E-state index contributed by atoms with van der Waals surface area (Å²) >= 11 is 2.78. The van der Waals surface area contributed by atoms with Crippen LogP contribution in [-0.4, -0.2) is 24.6 Å². The molecule has 0 aliphatic rings. The number of thioether (sulfide) groups is 1. The predicted molar refractivity (Wildman–Crippen MR) is 68.1 cm³/mol. The fourth-order valence-corrected chi connectivity index (χ4v) is 2.86. The van der Waals surface area contributed by atoms with Crippen LogP contribution in [0.25, 0.3) is 4.96 Å². The van der Waals surface area contributed by atoms with Gasteiger partial charge in [0.2, 0.25) is 0 Å². The van der Waals surface area contributed by atoms with Crippen molar-refractivity contribution in [2.45, 2.75) is 10.8 Å². The summed E-state index contributed by atoms with van der Waals surface area (Å²) in [5.41, 5.74) is -0.226. The molecule has 2 N–H and O–H groups in total. The van der Waals surface area contributed by atoms with Crippen molar-refractivity contribution in [2.24, 2.45) is 0 Å². The SMILES string of the molecule is O=c1[nH]nc(SCc2cn3ccsc3n2)c(=O)[nH]1. The molecule has 3 rings (SSSR count). The Labute approximate surface area is 108 Å². The molecule has 0 fully saturated rings. The molecule has 0 unspecified atom stereocenters. The summed E-state index contributed by atoms with van der Waals surface area (Å²) < 4.78 is 1.92. The molecule has 3 aromatic heterocycles. The largest absolute Gasteiger partial charge is 0.342 e. The number of fused-ring (bicyclic) bond motifs is 1. The Balaban J connectivity index is 1.80. The predicted octanol–water partition coefficient (Wildman–Crippen LogP) is 0.460. The average Bonchev–Trinajstić information content (AvgIpc) is 2.88. The first kappa shape index (κ1) is 11.2. The zero-order chi connectivity index (χ0) is 12.5. The third-order valence-electron chi connectivity index (χ3n) is 2.18. The van der Waals surface area contributed by atoms with Gasteiger partial charge in [-0.15, -0.1) is 11.3 Å². The molecule has 0 aliphatic heterocycles. The number of imidazole rings is 1. The van der Waals surface area contributed by atoms with Crippen molar-refractivity contribution in [3.8, 4) is 0 Å². The highest BCUT2D eigenvalue weighted by atomic mass is 32.2. The first-order valence-corrected chi connectivity index (χ1v) is 6.82. The highest BCUT2D eigenvalue weighted by molar-refractivity contribution is 7.98. The third-order valence-corrected chi connectivity index (χ3v) is 3.94. The molecule has 3 aromatic rings. The van der Waals surface area contributed by atoms with E-state index in [2.05, 4.69) is 20.2 Å². The minimum atomic E-state index is -0.605. The van der Waals surface area contributed by atoms with Crippen LogP contribution >= 0.6 is 23.1 Å². The van der Waals surface area contributed by atoms with Gasteiger partial charge in [-0.25, -0.2) is 14.9 Å². The Kier molecular flexibility index (Phi) is 2.76. The molecule has 0 bridgehead atoms. The first-order valence-electron chi connectivity index (χ1n) is 4.95. The molecule has 0 amide bonds. The molecule has 0 radical (unpaired) electrons. The number of nitrogens with one attached hydrogen (secondary N) is 2. The molecule has 0 aromatic carbocycles. The lowest BCUT2D eigenvalue weighted by Crippen LogP contribution is -2.24. The van der Waals surface area contributed by atoms with Crippen molar-refractivity contribution >= 4 is 28.1 Å². The first-order chi connectivity index (χ1) is 8.72. The number of nitrogens with zero attached hydrogens (tertiary/aromatic N) is 3. The highest BCUT2D eigenvalue weighted by Gasteiger charge is 2.07. The van der Waals surface area contributed by atoms with Crippen LogP contribution in [0.3, 0.4) is 0 Å². The lowest BCUT2D eigenvalue weighted by Gasteiger charge is -1.95. The van der Waals surface area contributed by atoms with Crippen LogP contribution in [0.4, 0.5) is 0 Å². The summed E-state index contributed by atoms with van der Waals surface area (Å²) in [6, 6.07) is 0. The second kappa shape index (κ2) is 4.42. The van der Waals surface area contributed by atoms with Gasteiger partial charge in [0.1, 0.15) is 0 Å². The quantitative estimate of drug-likeness (QED) is 0.680. The van der Waals surface area contributed by atoms with Crippen molar-refractivity contribution < 1.29 is 0 Å². The summed E-state index contributed by atoms with van der Waals surface area (Å²) in [5, 5.41) is 8.06. The second-order valence-corrected chi connectivity index (χ2v) is 5.26. The van der Waals surface area contributed by atoms with Crippen molar-refractivity contribution in [3.05, 3.63) is 44.3 Å². The lowest BCUT2D eigenvalue weighted by molar-refractivity contribution is 0.806. The summed E-state index contributed by atoms with van der Waals surface area (Å²) in [6.45, 7) is 0. The Morgan fingerprint density at radius 1 is 1.44 bits per heavy atom.